The van der Waals surface area contributed by atoms with Crippen LogP contribution in [0.25, 0.3) is 0 Å². The topological polar surface area (TPSA) is 78.9 Å². The zero-order chi connectivity index (χ0) is 56.4. The predicted molar refractivity (Wildman–Crippen MR) is 339 cm³/mol. The Hall–Kier alpha value is -2.63. The Morgan fingerprint density at radius 1 is 0.269 bits per heavy atom. The van der Waals surface area contributed by atoms with Gasteiger partial charge in [0.1, 0.15) is 13.2 Å². The first-order valence-corrected chi connectivity index (χ1v) is 34.6. The number of hydrogen-bond acceptors (Lipinski definition) is 6. The zero-order valence-corrected chi connectivity index (χ0v) is 52.5. The van der Waals surface area contributed by atoms with Gasteiger partial charge in [-0.25, -0.2) is 0 Å². The molecule has 0 saturated heterocycles. The van der Waals surface area contributed by atoms with E-state index in [1.54, 1.807) is 0 Å². The predicted octanol–water partition coefficient (Wildman–Crippen LogP) is 23.7. The van der Waals surface area contributed by atoms with Gasteiger partial charge in [0.25, 0.3) is 0 Å². The maximum Gasteiger partial charge on any atom is 0.306 e. The van der Waals surface area contributed by atoms with Gasteiger partial charge < -0.3 is 14.2 Å². The fraction of sp³-hybridized carbons (Fsp3) is 0.847. The van der Waals surface area contributed by atoms with Crippen molar-refractivity contribution in [2.24, 2.45) is 0 Å². The summed E-state index contributed by atoms with van der Waals surface area (Å²) in [5.74, 6) is -0.889. The molecule has 0 aliphatic heterocycles. The Balaban J connectivity index is 4.02. The highest BCUT2D eigenvalue weighted by atomic mass is 16.6. The van der Waals surface area contributed by atoms with Crippen molar-refractivity contribution in [1.82, 2.24) is 0 Å². The van der Waals surface area contributed by atoms with Crippen LogP contribution in [0.4, 0.5) is 0 Å². The van der Waals surface area contributed by atoms with Crippen LogP contribution in [0.1, 0.15) is 374 Å². The Bertz CT molecular complexity index is 1350. The highest BCUT2D eigenvalue weighted by molar-refractivity contribution is 5.71. The summed E-state index contributed by atoms with van der Waals surface area (Å²) in [6.07, 6.45) is 84.6. The number of unbranched alkanes of at least 4 members (excludes halogenated alkanes) is 45. The molecule has 456 valence electrons. The van der Waals surface area contributed by atoms with Crippen LogP contribution in [0, 0.1) is 0 Å². The zero-order valence-electron chi connectivity index (χ0n) is 52.5. The molecule has 6 nitrogen and oxygen atoms in total. The third kappa shape index (κ3) is 64.2. The van der Waals surface area contributed by atoms with E-state index in [1.165, 1.54) is 231 Å². The summed E-state index contributed by atoms with van der Waals surface area (Å²) in [4.78, 5) is 38.2. The summed E-state index contributed by atoms with van der Waals surface area (Å²) in [5.41, 5.74) is 0. The minimum Gasteiger partial charge on any atom is -0.462 e. The summed E-state index contributed by atoms with van der Waals surface area (Å²) in [6.45, 7) is 6.52. The van der Waals surface area contributed by atoms with E-state index in [1.807, 2.05) is 0 Å². The molecule has 78 heavy (non-hydrogen) atoms. The van der Waals surface area contributed by atoms with E-state index in [9.17, 15) is 14.4 Å². The quantitative estimate of drug-likeness (QED) is 0.0261. The second-order valence-corrected chi connectivity index (χ2v) is 23.4. The van der Waals surface area contributed by atoms with Gasteiger partial charge in [-0.1, -0.05) is 333 Å². The van der Waals surface area contributed by atoms with Gasteiger partial charge in [0.05, 0.1) is 0 Å². The van der Waals surface area contributed by atoms with E-state index in [4.69, 9.17) is 14.2 Å². The summed E-state index contributed by atoms with van der Waals surface area (Å²) in [7, 11) is 0. The van der Waals surface area contributed by atoms with Gasteiger partial charge in [0, 0.05) is 19.3 Å². The molecular formula is C72H132O6. The molecule has 0 heterocycles. The Morgan fingerprint density at radius 2 is 0.513 bits per heavy atom. The van der Waals surface area contributed by atoms with Gasteiger partial charge >= 0.3 is 17.9 Å². The average molecular weight is 1090 g/mol. The number of ether oxygens (including phenoxy) is 3. The molecule has 1 atom stereocenters. The molecule has 0 spiro atoms. The fourth-order valence-corrected chi connectivity index (χ4v) is 10.4. The number of hydrogen-bond donors (Lipinski definition) is 0. The molecule has 0 N–H and O–H groups in total. The standard InChI is InChI=1S/C72H132O6/c1-4-7-10-13-16-19-22-24-26-27-28-29-30-31-32-33-34-35-36-37-38-39-40-41-42-43-44-46-47-50-53-56-59-62-65-71(74)77-68-69(67-76-70(73)64-61-58-55-52-49-21-18-15-12-9-6-3)78-72(75)66-63-60-57-54-51-48-45-25-23-20-17-14-11-8-5-2/h8,11,15,17-18,20,25,45,69H,4-7,9-10,12-14,16,19,21-24,26-44,46-68H2,1-3H3/b11-8-,18-15-,20-17-,45-25-. The van der Waals surface area contributed by atoms with Crippen LogP contribution < -0.4 is 0 Å². The molecule has 1 unspecified atom stereocenters. The molecule has 0 radical (unpaired) electrons. The number of esters is 3. The van der Waals surface area contributed by atoms with Crippen molar-refractivity contribution < 1.29 is 28.6 Å². The Morgan fingerprint density at radius 3 is 0.833 bits per heavy atom. The van der Waals surface area contributed by atoms with Crippen molar-refractivity contribution in [3.8, 4) is 0 Å². The highest BCUT2D eigenvalue weighted by Crippen LogP contribution is 2.19. The molecule has 0 aromatic rings. The molecule has 0 aromatic carbocycles. The fourth-order valence-electron chi connectivity index (χ4n) is 10.4. The molecular weight excluding hydrogens is 961 g/mol. The van der Waals surface area contributed by atoms with Crippen molar-refractivity contribution >= 4 is 17.9 Å². The number of carbonyl (C=O) groups is 3. The second kappa shape index (κ2) is 66.9. The van der Waals surface area contributed by atoms with Crippen molar-refractivity contribution in [2.75, 3.05) is 13.2 Å². The number of allylic oxidation sites excluding steroid dienone is 8. The largest absolute Gasteiger partial charge is 0.462 e. The molecule has 6 heteroatoms. The van der Waals surface area contributed by atoms with Gasteiger partial charge in [-0.3, -0.25) is 14.4 Å². The van der Waals surface area contributed by atoms with Crippen molar-refractivity contribution in [3.63, 3.8) is 0 Å². The summed E-state index contributed by atoms with van der Waals surface area (Å²) in [5, 5.41) is 0. The van der Waals surface area contributed by atoms with Gasteiger partial charge in [-0.15, -0.1) is 0 Å². The smallest absolute Gasteiger partial charge is 0.306 e. The average Bonchev–Trinajstić information content (AvgIpc) is 3.44. The normalized spacial score (nSPS) is 12.3. The maximum atomic E-state index is 12.9. The first-order valence-electron chi connectivity index (χ1n) is 34.6. The third-order valence-corrected chi connectivity index (χ3v) is 15.6. The Kier molecular flexibility index (Phi) is 64.6. The van der Waals surface area contributed by atoms with E-state index in [0.717, 1.165) is 103 Å². The van der Waals surface area contributed by atoms with Gasteiger partial charge in [-0.2, -0.15) is 0 Å². The molecule has 0 aliphatic rings. The van der Waals surface area contributed by atoms with E-state index in [-0.39, 0.29) is 31.1 Å². The van der Waals surface area contributed by atoms with Crippen LogP contribution in [-0.2, 0) is 28.6 Å². The first-order chi connectivity index (χ1) is 38.5. The summed E-state index contributed by atoms with van der Waals surface area (Å²) < 4.78 is 16.9. The van der Waals surface area contributed by atoms with Crippen LogP contribution in [-0.4, -0.2) is 37.2 Å². The van der Waals surface area contributed by atoms with E-state index < -0.39 is 6.10 Å². The van der Waals surface area contributed by atoms with Crippen molar-refractivity contribution in [3.05, 3.63) is 48.6 Å². The van der Waals surface area contributed by atoms with Gasteiger partial charge in [0.15, 0.2) is 6.10 Å². The molecule has 0 bridgehead atoms. The van der Waals surface area contributed by atoms with Crippen molar-refractivity contribution in [2.45, 2.75) is 380 Å². The molecule has 0 aromatic heterocycles. The Labute approximate surface area is 486 Å². The molecule has 0 saturated carbocycles. The monoisotopic (exact) mass is 1090 g/mol. The van der Waals surface area contributed by atoms with E-state index in [0.29, 0.717) is 19.3 Å². The SMILES string of the molecule is CC/C=C\C/C=C\C/C=C\CCCCCCCC(=O)OC(COC(=O)CCCCCCC/C=C\CCCC)COC(=O)CCCCCCCCCCCCCCCCCCCCCCCCCCCCCCCCCCCC. The van der Waals surface area contributed by atoms with Crippen LogP contribution in [0.15, 0.2) is 48.6 Å². The lowest BCUT2D eigenvalue weighted by Crippen LogP contribution is -2.30. The molecule has 0 rings (SSSR count). The number of carbonyl (C=O) groups excluding carboxylic acids is 3. The lowest BCUT2D eigenvalue weighted by atomic mass is 10.0. The molecule has 0 amide bonds. The summed E-state index contributed by atoms with van der Waals surface area (Å²) in [6, 6.07) is 0. The molecule has 0 aliphatic carbocycles. The van der Waals surface area contributed by atoms with E-state index in [2.05, 4.69) is 69.4 Å². The van der Waals surface area contributed by atoms with Crippen LogP contribution in [0.3, 0.4) is 0 Å². The third-order valence-electron chi connectivity index (χ3n) is 15.6. The van der Waals surface area contributed by atoms with Crippen LogP contribution in [0.2, 0.25) is 0 Å². The lowest BCUT2D eigenvalue weighted by Gasteiger charge is -2.18. The lowest BCUT2D eigenvalue weighted by molar-refractivity contribution is -0.167. The second-order valence-electron chi connectivity index (χ2n) is 23.4. The minimum atomic E-state index is -0.784. The molecule has 0 fully saturated rings. The van der Waals surface area contributed by atoms with Gasteiger partial charge in [-0.05, 0) is 70.6 Å². The first kappa shape index (κ1) is 75.4. The maximum absolute atomic E-state index is 12.9. The van der Waals surface area contributed by atoms with E-state index >= 15 is 0 Å². The van der Waals surface area contributed by atoms with Crippen LogP contribution in [0.5, 0.6) is 0 Å². The van der Waals surface area contributed by atoms with Crippen molar-refractivity contribution in [1.29, 1.82) is 0 Å². The number of rotatable bonds is 64. The highest BCUT2D eigenvalue weighted by Gasteiger charge is 2.19. The van der Waals surface area contributed by atoms with Crippen LogP contribution >= 0.6 is 0 Å². The van der Waals surface area contributed by atoms with Gasteiger partial charge in [0.2, 0.25) is 0 Å². The summed E-state index contributed by atoms with van der Waals surface area (Å²) >= 11 is 0. The minimum absolute atomic E-state index is 0.0797.